The molecule has 1 aliphatic heterocycles. The summed E-state index contributed by atoms with van der Waals surface area (Å²) in [6.45, 7) is 7.96. The summed E-state index contributed by atoms with van der Waals surface area (Å²) in [4.78, 5) is 16.9. The molecule has 33 heavy (non-hydrogen) atoms. The summed E-state index contributed by atoms with van der Waals surface area (Å²) in [6.07, 6.45) is 0. The van der Waals surface area contributed by atoms with E-state index in [1.807, 2.05) is 30.3 Å². The molecule has 1 heterocycles. The average Bonchev–Trinajstić information content (AvgIpc) is 2.82. The highest BCUT2D eigenvalue weighted by Gasteiger charge is 2.12. The molecule has 192 valence electrons. The Morgan fingerprint density at radius 2 is 1.18 bits per heavy atom. The molecule has 0 atom stereocenters. The predicted molar refractivity (Wildman–Crippen MR) is 121 cm³/mol. The SMILES string of the molecule is C1COCCN1.O=P(O)(O)OCCOCCOCCOCCOCCOCc1ccccc1. The van der Waals surface area contributed by atoms with Crippen LogP contribution >= 0.6 is 7.82 Å². The molecule has 0 amide bonds. The van der Waals surface area contributed by atoms with Gasteiger partial charge in [0.25, 0.3) is 0 Å². The molecule has 1 aromatic rings. The normalized spacial score (nSPS) is 14.0. The van der Waals surface area contributed by atoms with Gasteiger partial charge in [-0.1, -0.05) is 30.3 Å². The molecule has 3 N–H and O–H groups in total. The summed E-state index contributed by atoms with van der Waals surface area (Å²) in [5, 5.41) is 3.16. The Balaban J connectivity index is 0.000000779. The molecule has 0 spiro atoms. The minimum absolute atomic E-state index is 0.0946. The lowest BCUT2D eigenvalue weighted by Crippen LogP contribution is -2.30. The van der Waals surface area contributed by atoms with E-state index in [0.29, 0.717) is 59.5 Å². The molecule has 0 aromatic heterocycles. The highest BCUT2D eigenvalue weighted by molar-refractivity contribution is 7.46. The largest absolute Gasteiger partial charge is 0.469 e. The minimum atomic E-state index is -4.41. The van der Waals surface area contributed by atoms with Crippen LogP contribution in [0.4, 0.5) is 0 Å². The zero-order valence-corrected chi connectivity index (χ0v) is 20.0. The monoisotopic (exact) mass is 495 g/mol. The van der Waals surface area contributed by atoms with Gasteiger partial charge in [-0.15, -0.1) is 0 Å². The van der Waals surface area contributed by atoms with Crippen molar-refractivity contribution in [1.82, 2.24) is 5.32 Å². The molecule has 0 aliphatic carbocycles. The molecule has 0 saturated carbocycles. The smallest absolute Gasteiger partial charge is 0.379 e. The first-order chi connectivity index (χ1) is 16.1. The van der Waals surface area contributed by atoms with E-state index in [1.165, 1.54) is 0 Å². The number of nitrogens with one attached hydrogen (secondary N) is 1. The third kappa shape index (κ3) is 22.6. The van der Waals surface area contributed by atoms with Crippen molar-refractivity contribution in [3.8, 4) is 0 Å². The lowest BCUT2D eigenvalue weighted by Gasteiger charge is -2.10. The van der Waals surface area contributed by atoms with Crippen molar-refractivity contribution in [3.05, 3.63) is 35.9 Å². The van der Waals surface area contributed by atoms with E-state index in [0.717, 1.165) is 31.9 Å². The molecule has 11 nitrogen and oxygen atoms in total. The molecule has 12 heteroatoms. The zero-order valence-electron chi connectivity index (χ0n) is 19.1. The second-order valence-electron chi connectivity index (χ2n) is 6.67. The number of benzene rings is 1. The zero-order chi connectivity index (χ0) is 23.9. The maximum atomic E-state index is 10.4. The van der Waals surface area contributed by atoms with Gasteiger partial charge in [0.2, 0.25) is 0 Å². The van der Waals surface area contributed by atoms with Crippen LogP contribution in [0.3, 0.4) is 0 Å². The van der Waals surface area contributed by atoms with Crippen molar-refractivity contribution < 1.29 is 47.3 Å². The predicted octanol–water partition coefficient (Wildman–Crippen LogP) is 0.985. The highest BCUT2D eigenvalue weighted by Crippen LogP contribution is 2.35. The van der Waals surface area contributed by atoms with E-state index in [1.54, 1.807) is 0 Å². The molecule has 0 bridgehead atoms. The molecule has 1 saturated heterocycles. The van der Waals surface area contributed by atoms with E-state index in [-0.39, 0.29) is 13.2 Å². The number of phosphoric ester groups is 1. The van der Waals surface area contributed by atoms with Crippen molar-refractivity contribution in [2.24, 2.45) is 0 Å². The van der Waals surface area contributed by atoms with Gasteiger partial charge in [-0.05, 0) is 5.56 Å². The summed E-state index contributed by atoms with van der Waals surface area (Å²) < 4.78 is 46.2. The topological polar surface area (TPSA) is 134 Å². The van der Waals surface area contributed by atoms with Crippen molar-refractivity contribution >= 4 is 7.82 Å². The van der Waals surface area contributed by atoms with Crippen LogP contribution < -0.4 is 5.32 Å². The number of ether oxygens (including phenoxy) is 6. The van der Waals surface area contributed by atoms with Gasteiger partial charge in [0.05, 0.1) is 85.9 Å². The van der Waals surface area contributed by atoms with Crippen LogP contribution in [0, 0.1) is 0 Å². The van der Waals surface area contributed by atoms with Crippen LogP contribution in [-0.4, -0.2) is 102 Å². The number of morpholine rings is 1. The standard InChI is InChI=1S/C17H29O9P.C4H9NO/c18-27(19,20)26-15-14-24-11-10-22-7-6-21-8-9-23-12-13-25-16-17-4-2-1-3-5-17;1-3-6-4-2-5-1/h1-5H,6-16H2,(H2,18,19,20);5H,1-4H2. The van der Waals surface area contributed by atoms with Crippen molar-refractivity contribution in [2.45, 2.75) is 6.61 Å². The molecule has 0 unspecified atom stereocenters. The Kier molecular flexibility index (Phi) is 19.7. The van der Waals surface area contributed by atoms with Gasteiger partial charge in [-0.25, -0.2) is 4.57 Å². The highest BCUT2D eigenvalue weighted by atomic mass is 31.2. The van der Waals surface area contributed by atoms with Crippen LogP contribution in [0.25, 0.3) is 0 Å². The first-order valence-corrected chi connectivity index (χ1v) is 12.5. The maximum Gasteiger partial charge on any atom is 0.469 e. The van der Waals surface area contributed by atoms with E-state index in [2.05, 4.69) is 9.84 Å². The van der Waals surface area contributed by atoms with Crippen molar-refractivity contribution in [1.29, 1.82) is 0 Å². The number of phosphoric acid groups is 1. The Bertz CT molecular complexity index is 574. The van der Waals surface area contributed by atoms with Crippen LogP contribution in [0.1, 0.15) is 5.56 Å². The Morgan fingerprint density at radius 3 is 1.58 bits per heavy atom. The lowest BCUT2D eigenvalue weighted by molar-refractivity contribution is -0.0145. The van der Waals surface area contributed by atoms with E-state index in [4.69, 9.17) is 38.2 Å². The van der Waals surface area contributed by atoms with Gasteiger partial charge in [-0.2, -0.15) is 0 Å². The average molecular weight is 496 g/mol. The lowest BCUT2D eigenvalue weighted by atomic mass is 10.2. The molecule has 1 aromatic carbocycles. The van der Waals surface area contributed by atoms with Gasteiger partial charge in [0, 0.05) is 13.1 Å². The summed E-state index contributed by atoms with van der Waals surface area (Å²) in [7, 11) is -4.41. The van der Waals surface area contributed by atoms with E-state index < -0.39 is 7.82 Å². The van der Waals surface area contributed by atoms with Gasteiger partial charge in [0.15, 0.2) is 0 Å². The second-order valence-corrected chi connectivity index (χ2v) is 7.91. The fourth-order valence-electron chi connectivity index (χ4n) is 2.37. The fourth-order valence-corrected chi connectivity index (χ4v) is 2.69. The summed E-state index contributed by atoms with van der Waals surface area (Å²) in [5.74, 6) is 0. The van der Waals surface area contributed by atoms with Crippen LogP contribution in [0.15, 0.2) is 30.3 Å². The Hall–Kier alpha value is -0.950. The first-order valence-electron chi connectivity index (χ1n) is 11.0. The van der Waals surface area contributed by atoms with E-state index >= 15 is 0 Å². The third-order valence-electron chi connectivity index (χ3n) is 3.93. The Morgan fingerprint density at radius 1 is 0.727 bits per heavy atom. The number of rotatable bonds is 18. The van der Waals surface area contributed by atoms with Crippen LogP contribution in [-0.2, 0) is 44.1 Å². The van der Waals surface area contributed by atoms with Crippen LogP contribution in [0.5, 0.6) is 0 Å². The molecular formula is C21H38NO10P. The number of hydrogen-bond donors (Lipinski definition) is 3. The number of hydrogen-bond acceptors (Lipinski definition) is 9. The maximum absolute atomic E-state index is 10.4. The summed E-state index contributed by atoms with van der Waals surface area (Å²) in [5.41, 5.74) is 1.14. The molecule has 1 fully saturated rings. The van der Waals surface area contributed by atoms with Gasteiger partial charge >= 0.3 is 7.82 Å². The van der Waals surface area contributed by atoms with Gasteiger partial charge in [0.1, 0.15) is 0 Å². The van der Waals surface area contributed by atoms with Crippen LogP contribution in [0.2, 0.25) is 0 Å². The van der Waals surface area contributed by atoms with E-state index in [9.17, 15) is 4.57 Å². The summed E-state index contributed by atoms with van der Waals surface area (Å²) in [6, 6.07) is 9.97. The fraction of sp³-hybridized carbons (Fsp3) is 0.714. The van der Waals surface area contributed by atoms with Crippen molar-refractivity contribution in [3.63, 3.8) is 0 Å². The molecule has 1 aliphatic rings. The minimum Gasteiger partial charge on any atom is -0.379 e. The molecule has 2 rings (SSSR count). The molecule has 0 radical (unpaired) electrons. The van der Waals surface area contributed by atoms with Gasteiger partial charge in [-0.3, -0.25) is 4.52 Å². The Labute approximate surface area is 195 Å². The second kappa shape index (κ2) is 21.6. The quantitative estimate of drug-likeness (QED) is 0.199. The first kappa shape index (κ1) is 30.1. The summed E-state index contributed by atoms with van der Waals surface area (Å²) >= 11 is 0. The van der Waals surface area contributed by atoms with Gasteiger partial charge < -0.3 is 43.5 Å². The molecular weight excluding hydrogens is 457 g/mol. The van der Waals surface area contributed by atoms with Crippen molar-refractivity contribution in [2.75, 3.05) is 92.4 Å². The third-order valence-corrected chi connectivity index (χ3v) is 4.45.